The van der Waals surface area contributed by atoms with Crippen LogP contribution in [0.25, 0.3) is 0 Å². The van der Waals surface area contributed by atoms with Crippen molar-refractivity contribution in [2.24, 2.45) is 0 Å². The smallest absolute Gasteiger partial charge is 0.322 e. The average Bonchev–Trinajstić information content (AvgIpc) is 3.08. The molecule has 1 aromatic rings. The van der Waals surface area contributed by atoms with Crippen molar-refractivity contribution in [2.45, 2.75) is 38.6 Å². The highest BCUT2D eigenvalue weighted by atomic mass is 16.5. The van der Waals surface area contributed by atoms with Crippen LogP contribution in [0.3, 0.4) is 0 Å². The Labute approximate surface area is 185 Å². The number of amides is 3. The fourth-order valence-corrected chi connectivity index (χ4v) is 4.66. The molecule has 0 spiro atoms. The van der Waals surface area contributed by atoms with Crippen molar-refractivity contribution in [3.05, 3.63) is 46.7 Å². The molecule has 0 aliphatic carbocycles. The molecule has 0 saturated carbocycles. The molecule has 0 aromatic heterocycles. The van der Waals surface area contributed by atoms with Gasteiger partial charge in [-0.25, -0.2) is 4.79 Å². The Morgan fingerprint density at radius 2 is 1.81 bits per heavy atom. The first-order chi connectivity index (χ1) is 14.8. The maximum absolute atomic E-state index is 13.3. The van der Waals surface area contributed by atoms with E-state index in [0.29, 0.717) is 18.7 Å². The van der Waals surface area contributed by atoms with E-state index in [1.165, 1.54) is 5.56 Å². The third kappa shape index (κ3) is 4.48. The van der Waals surface area contributed by atoms with Gasteiger partial charge in [-0.05, 0) is 16.5 Å². The van der Waals surface area contributed by atoms with Crippen molar-refractivity contribution in [1.29, 1.82) is 0 Å². The van der Waals surface area contributed by atoms with Gasteiger partial charge < -0.3 is 19.9 Å². The van der Waals surface area contributed by atoms with Gasteiger partial charge in [0, 0.05) is 20.0 Å². The molecule has 3 aliphatic heterocycles. The predicted octanol–water partition coefficient (Wildman–Crippen LogP) is 1.08. The minimum atomic E-state index is -0.393. The third-order valence-corrected chi connectivity index (χ3v) is 6.70. The molecule has 1 aromatic carbocycles. The van der Waals surface area contributed by atoms with Gasteiger partial charge in [-0.2, -0.15) is 0 Å². The zero-order valence-electron chi connectivity index (χ0n) is 19.2. The van der Waals surface area contributed by atoms with Crippen LogP contribution in [-0.4, -0.2) is 74.7 Å². The summed E-state index contributed by atoms with van der Waals surface area (Å²) in [5.41, 5.74) is 3.79. The van der Waals surface area contributed by atoms with Gasteiger partial charge in [0.05, 0.1) is 43.6 Å². The molecule has 4 rings (SSSR count). The maximum Gasteiger partial charge on any atom is 0.322 e. The Morgan fingerprint density at radius 1 is 1.13 bits per heavy atom. The molecule has 0 radical (unpaired) electrons. The Bertz CT molecular complexity index is 866. The second-order valence-corrected chi connectivity index (χ2v) is 9.87. The molecular weight excluding hydrogens is 392 g/mol. The number of morpholine rings is 1. The quantitative estimate of drug-likeness (QED) is 0.739. The number of urea groups is 1. The van der Waals surface area contributed by atoms with Gasteiger partial charge in [-0.3, -0.25) is 9.69 Å². The Morgan fingerprint density at radius 3 is 2.45 bits per heavy atom. The fraction of sp³-hybridized carbons (Fsp3) is 0.583. The summed E-state index contributed by atoms with van der Waals surface area (Å²) in [7, 11) is 1.75. The highest BCUT2D eigenvalue weighted by molar-refractivity contribution is 6.01. The summed E-state index contributed by atoms with van der Waals surface area (Å²) >= 11 is 0. The number of nitrogens with one attached hydrogen (secondary N) is 2. The molecule has 31 heavy (non-hydrogen) atoms. The van der Waals surface area contributed by atoms with Gasteiger partial charge in [0.25, 0.3) is 5.91 Å². The molecule has 3 heterocycles. The number of hydrogen-bond donors (Lipinski definition) is 2. The zero-order chi connectivity index (χ0) is 22.2. The van der Waals surface area contributed by atoms with Gasteiger partial charge in [0.2, 0.25) is 0 Å². The van der Waals surface area contributed by atoms with E-state index in [1.54, 1.807) is 16.8 Å². The van der Waals surface area contributed by atoms with E-state index in [1.807, 2.05) is 17.0 Å². The van der Waals surface area contributed by atoms with Crippen LogP contribution in [0.2, 0.25) is 0 Å². The summed E-state index contributed by atoms with van der Waals surface area (Å²) in [5.74, 6) is 0.0451. The van der Waals surface area contributed by atoms with E-state index in [0.717, 1.165) is 50.5 Å². The molecule has 3 aliphatic rings. The lowest BCUT2D eigenvalue weighted by Gasteiger charge is -2.31. The Kier molecular flexibility index (Phi) is 6.08. The summed E-state index contributed by atoms with van der Waals surface area (Å²) in [6.07, 6.45) is 0.956. The standard InChI is InChI=1S/C24H34N4O3/c1-24(2,3)18-8-6-17(7-9-18)21-20-19(26(4)23(30)25-21)16-28(22(20)29)11-5-10-27-12-14-31-15-13-27/h6-9,21H,5,10-16H2,1-4H3,(H,25,30)/p+1/t21-/m1/s1. The number of nitrogens with zero attached hydrogens (tertiary/aromatic N) is 2. The minimum Gasteiger partial charge on any atom is -0.370 e. The van der Waals surface area contributed by atoms with E-state index in [-0.39, 0.29) is 17.4 Å². The highest BCUT2D eigenvalue weighted by Gasteiger charge is 2.42. The van der Waals surface area contributed by atoms with Crippen molar-refractivity contribution < 1.29 is 19.2 Å². The van der Waals surface area contributed by atoms with Gasteiger partial charge in [-0.15, -0.1) is 0 Å². The van der Waals surface area contributed by atoms with Gasteiger partial charge >= 0.3 is 6.03 Å². The zero-order valence-corrected chi connectivity index (χ0v) is 19.2. The molecule has 3 amide bonds. The fourth-order valence-electron chi connectivity index (χ4n) is 4.66. The number of rotatable bonds is 5. The molecule has 2 N–H and O–H groups in total. The number of hydrogen-bond acceptors (Lipinski definition) is 3. The van der Waals surface area contributed by atoms with Crippen molar-refractivity contribution >= 4 is 11.9 Å². The van der Waals surface area contributed by atoms with Crippen LogP contribution in [0.5, 0.6) is 0 Å². The number of quaternary nitrogens is 1. The predicted molar refractivity (Wildman–Crippen MR) is 119 cm³/mol. The second-order valence-electron chi connectivity index (χ2n) is 9.87. The van der Waals surface area contributed by atoms with Crippen LogP contribution < -0.4 is 10.2 Å². The normalized spacial score (nSPS) is 22.8. The molecule has 1 saturated heterocycles. The summed E-state index contributed by atoms with van der Waals surface area (Å²) in [5, 5.41) is 3.03. The van der Waals surface area contributed by atoms with Crippen molar-refractivity contribution in [2.75, 3.05) is 53.0 Å². The molecule has 0 unspecified atom stereocenters. The van der Waals surface area contributed by atoms with Crippen LogP contribution in [0.15, 0.2) is 35.5 Å². The molecular formula is C24H35N4O3+. The van der Waals surface area contributed by atoms with E-state index < -0.39 is 6.04 Å². The minimum absolute atomic E-state index is 0.0451. The molecule has 7 heteroatoms. The summed E-state index contributed by atoms with van der Waals surface area (Å²) < 4.78 is 5.43. The van der Waals surface area contributed by atoms with Crippen LogP contribution in [0.1, 0.15) is 44.4 Å². The maximum atomic E-state index is 13.3. The molecule has 1 atom stereocenters. The number of carbonyl (C=O) groups is 2. The summed E-state index contributed by atoms with van der Waals surface area (Å²) in [4.78, 5) is 31.0. The Hall–Kier alpha value is -2.38. The summed E-state index contributed by atoms with van der Waals surface area (Å²) in [6.45, 7) is 12.5. The van der Waals surface area contributed by atoms with Gasteiger partial charge in [0.1, 0.15) is 13.1 Å². The van der Waals surface area contributed by atoms with E-state index in [4.69, 9.17) is 4.74 Å². The first-order valence-corrected chi connectivity index (χ1v) is 11.3. The van der Waals surface area contributed by atoms with Crippen LogP contribution >= 0.6 is 0 Å². The van der Waals surface area contributed by atoms with Gasteiger partial charge in [-0.1, -0.05) is 45.0 Å². The Balaban J connectivity index is 1.48. The second kappa shape index (κ2) is 8.63. The topological polar surface area (TPSA) is 66.3 Å². The first-order valence-electron chi connectivity index (χ1n) is 11.3. The highest BCUT2D eigenvalue weighted by Crippen LogP contribution is 2.36. The van der Waals surface area contributed by atoms with Crippen molar-refractivity contribution in [3.8, 4) is 0 Å². The first kappa shape index (κ1) is 21.8. The van der Waals surface area contributed by atoms with Gasteiger partial charge in [0.15, 0.2) is 0 Å². The monoisotopic (exact) mass is 427 g/mol. The van der Waals surface area contributed by atoms with Crippen molar-refractivity contribution in [3.63, 3.8) is 0 Å². The number of benzene rings is 1. The van der Waals surface area contributed by atoms with Crippen molar-refractivity contribution in [1.82, 2.24) is 15.1 Å². The largest absolute Gasteiger partial charge is 0.370 e. The average molecular weight is 428 g/mol. The lowest BCUT2D eigenvalue weighted by Crippen LogP contribution is -3.14. The molecule has 7 nitrogen and oxygen atoms in total. The third-order valence-electron chi connectivity index (χ3n) is 6.70. The van der Waals surface area contributed by atoms with E-state index >= 15 is 0 Å². The lowest BCUT2D eigenvalue weighted by molar-refractivity contribution is -0.908. The van der Waals surface area contributed by atoms with Crippen LogP contribution in [0.4, 0.5) is 4.79 Å². The molecule has 1 fully saturated rings. The number of likely N-dealkylation sites (N-methyl/N-ethyl adjacent to an activating group) is 1. The SMILES string of the molecule is CN1C(=O)N[C@H](c2ccc(C(C)(C)C)cc2)C2=C1CN(CCC[NH+]1CCOCC1)C2=O. The van der Waals surface area contributed by atoms with Crippen LogP contribution in [0, 0.1) is 0 Å². The van der Waals surface area contributed by atoms with E-state index in [9.17, 15) is 9.59 Å². The summed E-state index contributed by atoms with van der Waals surface area (Å²) in [6, 6.07) is 7.73. The lowest BCUT2D eigenvalue weighted by atomic mass is 9.85. The number of ether oxygens (including phenoxy) is 1. The molecule has 0 bridgehead atoms. The van der Waals surface area contributed by atoms with Crippen LogP contribution in [-0.2, 0) is 14.9 Å². The number of carbonyl (C=O) groups excluding carboxylic acids is 2. The molecule has 168 valence electrons. The van der Waals surface area contributed by atoms with E-state index in [2.05, 4.69) is 38.2 Å².